The van der Waals surface area contributed by atoms with E-state index in [1.54, 1.807) is 49.1 Å². The minimum atomic E-state index is -0.927. The molecule has 0 spiro atoms. The van der Waals surface area contributed by atoms with Crippen molar-refractivity contribution in [1.29, 1.82) is 0 Å². The molecule has 6 nitrogen and oxygen atoms in total. The summed E-state index contributed by atoms with van der Waals surface area (Å²) in [6, 6.07) is 17.8. The van der Waals surface area contributed by atoms with Crippen LogP contribution in [0.25, 0.3) is 10.4 Å². The maximum atomic E-state index is 14.2. The zero-order valence-electron chi connectivity index (χ0n) is 19.8. The molecule has 2 aromatic carbocycles. The number of hydrogen-bond acceptors (Lipinski definition) is 6. The molecule has 180 valence electrons. The number of hydrogen-bond donors (Lipinski definition) is 1. The van der Waals surface area contributed by atoms with Crippen molar-refractivity contribution in [2.24, 2.45) is 5.41 Å². The van der Waals surface area contributed by atoms with Crippen LogP contribution in [0.4, 0.5) is 9.52 Å². The van der Waals surface area contributed by atoms with E-state index in [-0.39, 0.29) is 17.6 Å². The van der Waals surface area contributed by atoms with E-state index >= 15 is 0 Å². The third-order valence-electron chi connectivity index (χ3n) is 5.80. The van der Waals surface area contributed by atoms with Crippen LogP contribution in [0.5, 0.6) is 0 Å². The molecule has 0 saturated carbocycles. The first kappa shape index (κ1) is 24.7. The van der Waals surface area contributed by atoms with Crippen LogP contribution in [0, 0.1) is 11.2 Å². The van der Waals surface area contributed by atoms with Crippen molar-refractivity contribution < 1.29 is 14.0 Å². The highest BCUT2D eigenvalue weighted by Crippen LogP contribution is 2.46. The molecule has 1 atom stereocenters. The first-order valence-corrected chi connectivity index (χ1v) is 12.6. The molecular weight excluding hydrogens is 483 g/mol. The summed E-state index contributed by atoms with van der Waals surface area (Å²) in [6.45, 7) is 3.69. The van der Waals surface area contributed by atoms with Gasteiger partial charge in [0.2, 0.25) is 11.0 Å². The highest BCUT2D eigenvalue weighted by Gasteiger charge is 2.40. The highest BCUT2D eigenvalue weighted by atomic mass is 32.1. The lowest BCUT2D eigenvalue weighted by Crippen LogP contribution is -2.36. The molecule has 0 fully saturated rings. The van der Waals surface area contributed by atoms with E-state index in [0.717, 1.165) is 15.3 Å². The van der Waals surface area contributed by atoms with Crippen LogP contribution in [0.3, 0.4) is 0 Å². The SMILES string of the molecule is CN(C)C(=O)c1ccc(-c2ccc([C@@H](c3cccc(F)c3)C(C)(C)C(=O)Nc3nncs3)s2)cc1. The number of anilines is 1. The number of benzene rings is 2. The molecule has 2 aromatic heterocycles. The summed E-state index contributed by atoms with van der Waals surface area (Å²) in [4.78, 5) is 29.0. The van der Waals surface area contributed by atoms with Gasteiger partial charge in [-0.05, 0) is 47.5 Å². The second-order valence-corrected chi connectivity index (χ2v) is 10.8. The van der Waals surface area contributed by atoms with Gasteiger partial charge in [-0.2, -0.15) is 0 Å². The number of thiophene rings is 1. The fraction of sp³-hybridized carbons (Fsp3) is 0.231. The van der Waals surface area contributed by atoms with Gasteiger partial charge in [0.25, 0.3) is 5.91 Å². The molecule has 0 radical (unpaired) electrons. The van der Waals surface area contributed by atoms with Gasteiger partial charge >= 0.3 is 0 Å². The van der Waals surface area contributed by atoms with Crippen molar-refractivity contribution in [3.8, 4) is 10.4 Å². The summed E-state index contributed by atoms with van der Waals surface area (Å²) in [6.07, 6.45) is 0. The Kier molecular flexibility index (Phi) is 7.09. The van der Waals surface area contributed by atoms with E-state index in [9.17, 15) is 14.0 Å². The molecule has 35 heavy (non-hydrogen) atoms. The maximum absolute atomic E-state index is 14.2. The van der Waals surface area contributed by atoms with Gasteiger partial charge in [-0.15, -0.1) is 21.5 Å². The number of nitrogens with one attached hydrogen (secondary N) is 1. The second kappa shape index (κ2) is 10.1. The van der Waals surface area contributed by atoms with Crippen molar-refractivity contribution in [1.82, 2.24) is 15.1 Å². The summed E-state index contributed by atoms with van der Waals surface area (Å²) in [5.74, 6) is -1.05. The maximum Gasteiger partial charge on any atom is 0.253 e. The molecule has 4 aromatic rings. The highest BCUT2D eigenvalue weighted by molar-refractivity contribution is 7.15. The first-order valence-electron chi connectivity index (χ1n) is 10.9. The number of nitrogens with zero attached hydrogens (tertiary/aromatic N) is 3. The molecule has 4 rings (SSSR count). The van der Waals surface area contributed by atoms with Crippen LogP contribution in [-0.4, -0.2) is 41.0 Å². The van der Waals surface area contributed by atoms with Gasteiger partial charge in [0.05, 0.1) is 5.41 Å². The Labute approximate surface area is 211 Å². The van der Waals surface area contributed by atoms with Gasteiger partial charge in [0.1, 0.15) is 11.3 Å². The Morgan fingerprint density at radius 1 is 1.06 bits per heavy atom. The lowest BCUT2D eigenvalue weighted by atomic mass is 9.73. The molecule has 2 heterocycles. The quantitative estimate of drug-likeness (QED) is 0.337. The Morgan fingerprint density at radius 3 is 2.43 bits per heavy atom. The largest absolute Gasteiger partial charge is 0.345 e. The van der Waals surface area contributed by atoms with E-state index < -0.39 is 11.3 Å². The van der Waals surface area contributed by atoms with Crippen molar-refractivity contribution in [2.45, 2.75) is 19.8 Å². The van der Waals surface area contributed by atoms with E-state index in [2.05, 4.69) is 15.5 Å². The lowest BCUT2D eigenvalue weighted by Gasteiger charge is -2.32. The standard InChI is InChI=1S/C26H25FN4O2S2/c1-26(2,24(33)29-25-30-28-15-34-25)22(18-6-5-7-19(27)14-18)21-13-12-20(35-21)16-8-10-17(11-9-16)23(32)31(3)4/h5-15,22H,1-4H3,(H,29,30,33)/t22-/m1/s1. The fourth-order valence-electron chi connectivity index (χ4n) is 3.94. The van der Waals surface area contributed by atoms with Crippen molar-refractivity contribution in [3.05, 3.63) is 88.0 Å². The van der Waals surface area contributed by atoms with Crippen LogP contribution in [0.2, 0.25) is 0 Å². The minimum absolute atomic E-state index is 0.0576. The summed E-state index contributed by atoms with van der Waals surface area (Å²) < 4.78 is 14.2. The average Bonchev–Trinajstić information content (AvgIpc) is 3.51. The molecule has 0 saturated heterocycles. The van der Waals surface area contributed by atoms with Gasteiger partial charge in [-0.3, -0.25) is 9.59 Å². The monoisotopic (exact) mass is 508 g/mol. The summed E-state index contributed by atoms with van der Waals surface area (Å²) in [5, 5.41) is 11.0. The molecule has 0 aliphatic heterocycles. The molecule has 1 N–H and O–H groups in total. The van der Waals surface area contributed by atoms with Crippen LogP contribution in [-0.2, 0) is 4.79 Å². The van der Waals surface area contributed by atoms with E-state index in [0.29, 0.717) is 16.3 Å². The van der Waals surface area contributed by atoms with Gasteiger partial charge in [0, 0.05) is 35.3 Å². The number of rotatable bonds is 7. The van der Waals surface area contributed by atoms with Crippen molar-refractivity contribution >= 4 is 39.6 Å². The summed E-state index contributed by atoms with van der Waals surface area (Å²) >= 11 is 2.79. The summed E-state index contributed by atoms with van der Waals surface area (Å²) in [7, 11) is 3.44. The van der Waals surface area contributed by atoms with Gasteiger partial charge in [-0.1, -0.05) is 49.4 Å². The Bertz CT molecular complexity index is 1330. The topological polar surface area (TPSA) is 75.2 Å². The van der Waals surface area contributed by atoms with Crippen LogP contribution in [0.1, 0.15) is 40.6 Å². The molecule has 0 aliphatic carbocycles. The third-order valence-corrected chi connectivity index (χ3v) is 7.61. The molecule has 0 unspecified atom stereocenters. The smallest absolute Gasteiger partial charge is 0.253 e. The molecule has 9 heteroatoms. The molecule has 0 bridgehead atoms. The van der Waals surface area contributed by atoms with Crippen LogP contribution < -0.4 is 5.32 Å². The first-order chi connectivity index (χ1) is 16.7. The zero-order valence-corrected chi connectivity index (χ0v) is 21.4. The van der Waals surface area contributed by atoms with Crippen LogP contribution >= 0.6 is 22.7 Å². The number of amides is 2. The number of carbonyl (C=O) groups is 2. The Balaban J connectivity index is 1.70. The van der Waals surface area contributed by atoms with Gasteiger partial charge in [0.15, 0.2) is 0 Å². The normalized spacial score (nSPS) is 12.3. The Hall–Kier alpha value is -3.43. The molecule has 2 amide bonds. The molecule has 0 aliphatic rings. The third kappa shape index (κ3) is 5.31. The summed E-state index contributed by atoms with van der Waals surface area (Å²) in [5.41, 5.74) is 2.91. The van der Waals surface area contributed by atoms with Crippen molar-refractivity contribution in [3.63, 3.8) is 0 Å². The lowest BCUT2D eigenvalue weighted by molar-refractivity contribution is -0.124. The van der Waals surface area contributed by atoms with Crippen molar-refractivity contribution in [2.75, 3.05) is 19.4 Å². The van der Waals surface area contributed by atoms with E-state index in [4.69, 9.17) is 0 Å². The second-order valence-electron chi connectivity index (χ2n) is 8.89. The minimum Gasteiger partial charge on any atom is -0.345 e. The molecular formula is C26H25FN4O2S2. The zero-order chi connectivity index (χ0) is 25.2. The average molecular weight is 509 g/mol. The van der Waals surface area contributed by atoms with Crippen LogP contribution in [0.15, 0.2) is 66.2 Å². The predicted octanol–water partition coefficient (Wildman–Crippen LogP) is 5.90. The van der Waals surface area contributed by atoms with E-state index in [1.807, 2.05) is 44.2 Å². The van der Waals surface area contributed by atoms with Gasteiger partial charge in [-0.25, -0.2) is 4.39 Å². The fourth-order valence-corrected chi connectivity index (χ4v) is 5.71. The number of aromatic nitrogens is 2. The van der Waals surface area contributed by atoms with E-state index in [1.165, 1.54) is 28.4 Å². The predicted molar refractivity (Wildman–Crippen MR) is 138 cm³/mol. The number of halogens is 1. The number of carbonyl (C=O) groups excluding carboxylic acids is 2. The van der Waals surface area contributed by atoms with Gasteiger partial charge < -0.3 is 10.2 Å². The Morgan fingerprint density at radius 2 is 1.80 bits per heavy atom.